The van der Waals surface area contributed by atoms with Gasteiger partial charge in [0.25, 0.3) is 0 Å². The maximum Gasteiger partial charge on any atom is 0.247 e. The van der Waals surface area contributed by atoms with Crippen molar-refractivity contribution >= 4 is 45.0 Å². The Labute approximate surface area is 169 Å². The number of carbonyl (C=O) groups excluding carboxylic acids is 1. The number of benzene rings is 2. The molecule has 0 saturated carbocycles. The molecule has 142 valence electrons. The van der Waals surface area contributed by atoms with Gasteiger partial charge in [-0.1, -0.05) is 59.6 Å². The van der Waals surface area contributed by atoms with Crippen LogP contribution >= 0.6 is 23.2 Å². The van der Waals surface area contributed by atoms with Gasteiger partial charge in [-0.25, -0.2) is 8.42 Å². The molecule has 1 aliphatic rings. The maximum atomic E-state index is 12.9. The molecule has 3 rings (SSSR count). The minimum atomic E-state index is -3.12. The van der Waals surface area contributed by atoms with Gasteiger partial charge in [0.15, 0.2) is 9.84 Å². The summed E-state index contributed by atoms with van der Waals surface area (Å²) in [4.78, 5) is 14.5. The van der Waals surface area contributed by atoms with Gasteiger partial charge in [-0.15, -0.1) is 0 Å². The zero-order chi connectivity index (χ0) is 19.4. The number of hydrogen-bond acceptors (Lipinski definition) is 3. The van der Waals surface area contributed by atoms with E-state index in [9.17, 15) is 13.2 Å². The van der Waals surface area contributed by atoms with Crippen molar-refractivity contribution in [1.29, 1.82) is 0 Å². The molecule has 1 aliphatic heterocycles. The molecule has 1 heterocycles. The highest BCUT2D eigenvalue weighted by Gasteiger charge is 2.34. The second kappa shape index (κ2) is 8.46. The van der Waals surface area contributed by atoms with Gasteiger partial charge in [-0.3, -0.25) is 4.79 Å². The number of hydrogen-bond donors (Lipinski definition) is 0. The van der Waals surface area contributed by atoms with Crippen LogP contribution in [0.25, 0.3) is 6.08 Å². The second-order valence-electron chi connectivity index (χ2n) is 6.47. The van der Waals surface area contributed by atoms with Gasteiger partial charge < -0.3 is 4.90 Å². The van der Waals surface area contributed by atoms with Gasteiger partial charge in [0.1, 0.15) is 0 Å². The van der Waals surface area contributed by atoms with Crippen LogP contribution in [-0.4, -0.2) is 36.8 Å². The number of carbonyl (C=O) groups is 1. The Kier molecular flexibility index (Phi) is 6.25. The van der Waals surface area contributed by atoms with Crippen molar-refractivity contribution in [2.75, 3.05) is 11.5 Å². The molecule has 4 nitrogen and oxygen atoms in total. The topological polar surface area (TPSA) is 54.5 Å². The van der Waals surface area contributed by atoms with Crippen LogP contribution in [0.2, 0.25) is 10.0 Å². The first-order valence-corrected chi connectivity index (χ1v) is 11.1. The third-order valence-electron chi connectivity index (χ3n) is 4.54. The molecule has 2 aromatic rings. The molecule has 1 atom stereocenters. The lowest BCUT2D eigenvalue weighted by Crippen LogP contribution is -2.39. The van der Waals surface area contributed by atoms with Crippen LogP contribution in [0.15, 0.2) is 54.6 Å². The molecule has 7 heteroatoms. The molecule has 1 saturated heterocycles. The van der Waals surface area contributed by atoms with E-state index in [2.05, 4.69) is 0 Å². The Bertz CT molecular complexity index is 973. The summed E-state index contributed by atoms with van der Waals surface area (Å²) >= 11 is 12.4. The summed E-state index contributed by atoms with van der Waals surface area (Å²) < 4.78 is 23.8. The summed E-state index contributed by atoms with van der Waals surface area (Å²) in [7, 11) is -3.12. The van der Waals surface area contributed by atoms with Crippen molar-refractivity contribution in [2.45, 2.75) is 19.0 Å². The van der Waals surface area contributed by atoms with E-state index in [0.29, 0.717) is 16.5 Å². The predicted octanol–water partition coefficient (Wildman–Crippen LogP) is 4.22. The van der Waals surface area contributed by atoms with Crippen LogP contribution in [0.1, 0.15) is 17.5 Å². The van der Waals surface area contributed by atoms with Gasteiger partial charge in [0, 0.05) is 28.7 Å². The number of halogens is 2. The average Bonchev–Trinajstić information content (AvgIpc) is 2.99. The highest BCUT2D eigenvalue weighted by molar-refractivity contribution is 7.91. The largest absolute Gasteiger partial charge is 0.331 e. The standard InChI is InChI=1S/C20H19Cl2NO3S/c21-18-7-3-1-5-15(18)9-10-20(24)23(17-11-12-27(25,26)14-17)13-16-6-2-4-8-19(16)22/h1-10,17H,11-14H2. The molecule has 1 amide bonds. The molecule has 0 aliphatic carbocycles. The van der Waals surface area contributed by atoms with Crippen molar-refractivity contribution in [3.63, 3.8) is 0 Å². The predicted molar refractivity (Wildman–Crippen MR) is 110 cm³/mol. The molecule has 0 spiro atoms. The van der Waals surface area contributed by atoms with Crippen LogP contribution in [0.3, 0.4) is 0 Å². The number of rotatable bonds is 5. The normalized spacial score (nSPS) is 18.7. The second-order valence-corrected chi connectivity index (χ2v) is 9.51. The summed E-state index contributed by atoms with van der Waals surface area (Å²) in [5.41, 5.74) is 1.51. The fraction of sp³-hybridized carbons (Fsp3) is 0.250. The molecule has 0 radical (unpaired) electrons. The Balaban J connectivity index is 1.86. The first-order chi connectivity index (χ1) is 12.9. The zero-order valence-corrected chi connectivity index (χ0v) is 16.8. The van der Waals surface area contributed by atoms with Gasteiger partial charge >= 0.3 is 0 Å². The third-order valence-corrected chi connectivity index (χ3v) is 7.00. The van der Waals surface area contributed by atoms with Crippen molar-refractivity contribution in [1.82, 2.24) is 4.90 Å². The molecule has 0 N–H and O–H groups in total. The monoisotopic (exact) mass is 423 g/mol. The molecule has 27 heavy (non-hydrogen) atoms. The summed E-state index contributed by atoms with van der Waals surface area (Å²) in [6, 6.07) is 14.1. The zero-order valence-electron chi connectivity index (χ0n) is 14.5. The van der Waals surface area contributed by atoms with Crippen LogP contribution in [0.4, 0.5) is 0 Å². The van der Waals surface area contributed by atoms with Crippen LogP contribution < -0.4 is 0 Å². The van der Waals surface area contributed by atoms with Crippen molar-refractivity contribution in [2.24, 2.45) is 0 Å². The first kappa shape index (κ1) is 19.9. The number of nitrogens with zero attached hydrogens (tertiary/aromatic N) is 1. The molecular weight excluding hydrogens is 405 g/mol. The fourth-order valence-corrected chi connectivity index (χ4v) is 5.21. The van der Waals surface area contributed by atoms with E-state index >= 15 is 0 Å². The van der Waals surface area contributed by atoms with Gasteiger partial charge in [-0.2, -0.15) is 0 Å². The maximum absolute atomic E-state index is 12.9. The van der Waals surface area contributed by atoms with E-state index < -0.39 is 9.84 Å². The Morgan fingerprint density at radius 3 is 2.37 bits per heavy atom. The lowest BCUT2D eigenvalue weighted by molar-refractivity contribution is -0.128. The van der Waals surface area contributed by atoms with E-state index in [-0.39, 0.29) is 30.0 Å². The van der Waals surface area contributed by atoms with Crippen molar-refractivity contribution < 1.29 is 13.2 Å². The lowest BCUT2D eigenvalue weighted by atomic mass is 10.1. The fourth-order valence-electron chi connectivity index (χ4n) is 3.09. The van der Waals surface area contributed by atoms with Gasteiger partial charge in [0.2, 0.25) is 5.91 Å². The summed E-state index contributed by atoms with van der Waals surface area (Å²) in [5, 5.41) is 1.09. The first-order valence-electron chi connectivity index (χ1n) is 8.53. The van der Waals surface area contributed by atoms with E-state index in [1.807, 2.05) is 36.4 Å². The van der Waals surface area contributed by atoms with Crippen LogP contribution in [0.5, 0.6) is 0 Å². The molecule has 1 fully saturated rings. The smallest absolute Gasteiger partial charge is 0.247 e. The van der Waals surface area contributed by atoms with E-state index in [4.69, 9.17) is 23.2 Å². The number of sulfone groups is 1. The molecule has 1 unspecified atom stereocenters. The number of amides is 1. The molecular formula is C20H19Cl2NO3S. The lowest BCUT2D eigenvalue weighted by Gasteiger charge is -2.27. The summed E-state index contributed by atoms with van der Waals surface area (Å²) in [6.45, 7) is 0.256. The Hall–Kier alpha value is -1.82. The summed E-state index contributed by atoms with van der Waals surface area (Å²) in [5.74, 6) is -0.196. The van der Waals surface area contributed by atoms with Crippen molar-refractivity contribution in [3.8, 4) is 0 Å². The molecule has 0 aromatic heterocycles. The van der Waals surface area contributed by atoms with Crippen LogP contribution in [0, 0.1) is 0 Å². The Morgan fingerprint density at radius 2 is 1.74 bits per heavy atom. The quantitative estimate of drug-likeness (QED) is 0.676. The Morgan fingerprint density at radius 1 is 1.07 bits per heavy atom. The average molecular weight is 424 g/mol. The van der Waals surface area contributed by atoms with Crippen LogP contribution in [-0.2, 0) is 21.2 Å². The SMILES string of the molecule is O=C(C=Cc1ccccc1Cl)N(Cc1ccccc1Cl)C1CCS(=O)(=O)C1. The van der Waals surface area contributed by atoms with Gasteiger partial charge in [0.05, 0.1) is 11.5 Å². The van der Waals surface area contributed by atoms with Gasteiger partial charge in [-0.05, 0) is 35.8 Å². The van der Waals surface area contributed by atoms with E-state index in [1.165, 1.54) is 6.08 Å². The third kappa shape index (κ3) is 5.12. The van der Waals surface area contributed by atoms with Crippen molar-refractivity contribution in [3.05, 3.63) is 75.8 Å². The summed E-state index contributed by atoms with van der Waals surface area (Å²) in [6.07, 6.45) is 3.51. The molecule has 2 aromatic carbocycles. The minimum Gasteiger partial charge on any atom is -0.331 e. The van der Waals surface area contributed by atoms with E-state index in [0.717, 1.165) is 11.1 Å². The molecule has 0 bridgehead atoms. The minimum absolute atomic E-state index is 0.0247. The highest BCUT2D eigenvalue weighted by atomic mass is 35.5. The highest BCUT2D eigenvalue weighted by Crippen LogP contribution is 2.24. The van der Waals surface area contributed by atoms with E-state index in [1.54, 1.807) is 23.1 Å².